The Morgan fingerprint density at radius 1 is 1.07 bits per heavy atom. The van der Waals surface area contributed by atoms with E-state index in [4.69, 9.17) is 0 Å². The molecule has 1 aliphatic carbocycles. The van der Waals surface area contributed by atoms with E-state index in [1.54, 1.807) is 12.3 Å². The third-order valence-electron chi connectivity index (χ3n) is 5.04. The minimum atomic E-state index is -0.0821. The van der Waals surface area contributed by atoms with Crippen LogP contribution in [-0.4, -0.2) is 20.4 Å². The van der Waals surface area contributed by atoms with Crippen molar-refractivity contribution < 1.29 is 4.79 Å². The molecule has 1 aliphatic rings. The van der Waals surface area contributed by atoms with Gasteiger partial charge in [-0.05, 0) is 49.9 Å². The van der Waals surface area contributed by atoms with Gasteiger partial charge in [-0.1, -0.05) is 30.2 Å². The van der Waals surface area contributed by atoms with Crippen LogP contribution in [0.15, 0.2) is 60.3 Å². The number of hydrogen-bond acceptors (Lipinski definition) is 3. The monoisotopic (exact) mass is 360 g/mol. The Morgan fingerprint density at radius 2 is 1.89 bits per heavy atom. The van der Waals surface area contributed by atoms with Gasteiger partial charge in [-0.3, -0.25) is 15.1 Å². The van der Waals surface area contributed by atoms with Crippen LogP contribution in [0.3, 0.4) is 0 Å². The van der Waals surface area contributed by atoms with E-state index < -0.39 is 0 Å². The van der Waals surface area contributed by atoms with E-state index in [9.17, 15) is 4.79 Å². The van der Waals surface area contributed by atoms with Crippen molar-refractivity contribution in [3.05, 3.63) is 66.0 Å². The lowest BCUT2D eigenvalue weighted by Gasteiger charge is -2.13. The highest BCUT2D eigenvalue weighted by atomic mass is 16.1. The van der Waals surface area contributed by atoms with Gasteiger partial charge >= 0.3 is 0 Å². The summed E-state index contributed by atoms with van der Waals surface area (Å²) >= 11 is 0. The number of nitrogens with one attached hydrogen (secondary N) is 1. The molecule has 1 amide bonds. The minimum absolute atomic E-state index is 0.0821. The smallest absolute Gasteiger partial charge is 0.250 e. The maximum atomic E-state index is 12.5. The first-order valence-electron chi connectivity index (χ1n) is 9.65. The third-order valence-corrected chi connectivity index (χ3v) is 5.04. The van der Waals surface area contributed by atoms with Crippen molar-refractivity contribution in [2.24, 2.45) is 0 Å². The molecule has 0 saturated heterocycles. The van der Waals surface area contributed by atoms with Crippen LogP contribution >= 0.6 is 0 Å². The van der Waals surface area contributed by atoms with Crippen molar-refractivity contribution in [2.45, 2.75) is 45.1 Å². The second-order valence-electron chi connectivity index (χ2n) is 7.00. The number of benzene rings is 1. The Kier molecular flexibility index (Phi) is 5.28. The van der Waals surface area contributed by atoms with Gasteiger partial charge in [0.15, 0.2) is 0 Å². The van der Waals surface area contributed by atoms with Crippen molar-refractivity contribution in [1.82, 2.24) is 14.5 Å². The molecule has 0 atom stereocenters. The van der Waals surface area contributed by atoms with Crippen LogP contribution in [0, 0.1) is 0 Å². The van der Waals surface area contributed by atoms with Crippen molar-refractivity contribution in [1.29, 1.82) is 0 Å². The van der Waals surface area contributed by atoms with Gasteiger partial charge in [0.25, 0.3) is 5.91 Å². The number of allylic oxidation sites excluding steroid dienone is 1. The molecule has 1 N–H and O–H groups in total. The molecule has 138 valence electrons. The first-order chi connectivity index (χ1) is 13.3. The number of aromatic nitrogens is 3. The molecule has 1 fully saturated rings. The largest absolute Gasteiger partial charge is 0.310 e. The summed E-state index contributed by atoms with van der Waals surface area (Å²) in [5, 5.41) is 3.00. The Hall–Kier alpha value is -2.95. The summed E-state index contributed by atoms with van der Waals surface area (Å²) in [5.74, 6) is 0.520. The number of pyridine rings is 1. The van der Waals surface area contributed by atoms with Crippen LogP contribution in [0.25, 0.3) is 11.0 Å². The molecule has 0 spiro atoms. The van der Waals surface area contributed by atoms with Crippen molar-refractivity contribution in [3.63, 3.8) is 0 Å². The first kappa shape index (κ1) is 17.5. The maximum Gasteiger partial charge on any atom is 0.250 e. The number of fused-ring (bicyclic) bond motifs is 1. The van der Waals surface area contributed by atoms with E-state index in [1.807, 2.05) is 42.5 Å². The Bertz CT molecular complexity index is 951. The fourth-order valence-electron chi connectivity index (χ4n) is 3.65. The standard InChI is InChI=1S/C22H24N4O/c27-21(16-17-8-2-1-3-9-17)25-22-24-19-11-4-5-12-20(19)26(22)15-13-18-10-6-7-14-23-18/h4-7,10-12,14,16H,1-3,8-9,13,15H2,(H,24,25,27). The van der Waals surface area contributed by atoms with Gasteiger partial charge in [0.1, 0.15) is 0 Å². The van der Waals surface area contributed by atoms with E-state index in [0.29, 0.717) is 12.5 Å². The normalized spacial score (nSPS) is 14.3. The summed E-state index contributed by atoms with van der Waals surface area (Å²) in [7, 11) is 0. The summed E-state index contributed by atoms with van der Waals surface area (Å²) in [6.07, 6.45) is 10.0. The molecule has 2 aromatic heterocycles. The zero-order valence-corrected chi connectivity index (χ0v) is 15.4. The highest BCUT2D eigenvalue weighted by molar-refractivity contribution is 5.99. The number of nitrogens with zero attached hydrogens (tertiary/aromatic N) is 3. The quantitative estimate of drug-likeness (QED) is 0.681. The maximum absolute atomic E-state index is 12.5. The number of hydrogen-bond donors (Lipinski definition) is 1. The second-order valence-corrected chi connectivity index (χ2v) is 7.00. The summed E-state index contributed by atoms with van der Waals surface area (Å²) in [4.78, 5) is 21.6. The molecule has 1 aromatic carbocycles. The Balaban J connectivity index is 1.56. The van der Waals surface area contributed by atoms with Crippen molar-refractivity contribution in [3.8, 4) is 0 Å². The lowest BCUT2D eigenvalue weighted by Crippen LogP contribution is -2.15. The molecule has 0 unspecified atom stereocenters. The van der Waals surface area contributed by atoms with Crippen LogP contribution in [0.2, 0.25) is 0 Å². The second kappa shape index (κ2) is 8.16. The summed E-state index contributed by atoms with van der Waals surface area (Å²) in [6, 6.07) is 13.9. The summed E-state index contributed by atoms with van der Waals surface area (Å²) in [6.45, 7) is 0.712. The van der Waals surface area contributed by atoms with Gasteiger partial charge in [-0.2, -0.15) is 0 Å². The zero-order chi connectivity index (χ0) is 18.5. The molecule has 27 heavy (non-hydrogen) atoms. The van der Waals surface area contributed by atoms with Gasteiger partial charge in [0.2, 0.25) is 5.95 Å². The molecule has 5 heteroatoms. The predicted octanol–water partition coefficient (Wildman–Crippen LogP) is 4.50. The molecular formula is C22H24N4O. The van der Waals surface area contributed by atoms with E-state index >= 15 is 0 Å². The summed E-state index contributed by atoms with van der Waals surface area (Å²) in [5.41, 5.74) is 4.18. The van der Waals surface area contributed by atoms with Gasteiger partial charge in [0.05, 0.1) is 11.0 Å². The number of aryl methyl sites for hydroxylation is 2. The molecule has 0 aliphatic heterocycles. The van der Waals surface area contributed by atoms with Crippen LogP contribution in [-0.2, 0) is 17.8 Å². The van der Waals surface area contributed by atoms with Gasteiger partial charge in [-0.15, -0.1) is 0 Å². The Labute approximate surface area is 159 Å². The third kappa shape index (κ3) is 4.25. The number of anilines is 1. The molecule has 1 saturated carbocycles. The highest BCUT2D eigenvalue weighted by Gasteiger charge is 2.14. The average Bonchev–Trinajstić information content (AvgIpc) is 3.04. The highest BCUT2D eigenvalue weighted by Crippen LogP contribution is 2.23. The predicted molar refractivity (Wildman–Crippen MR) is 107 cm³/mol. The Morgan fingerprint density at radius 3 is 2.70 bits per heavy atom. The average molecular weight is 360 g/mol. The fraction of sp³-hybridized carbons (Fsp3) is 0.318. The van der Waals surface area contributed by atoms with Crippen LogP contribution < -0.4 is 5.32 Å². The number of imidazole rings is 1. The fourth-order valence-corrected chi connectivity index (χ4v) is 3.65. The number of carbonyl (C=O) groups excluding carboxylic acids is 1. The zero-order valence-electron chi connectivity index (χ0n) is 15.4. The van der Waals surface area contributed by atoms with Crippen LogP contribution in [0.1, 0.15) is 37.8 Å². The van der Waals surface area contributed by atoms with E-state index in [1.165, 1.54) is 24.8 Å². The van der Waals surface area contributed by atoms with Crippen LogP contribution in [0.5, 0.6) is 0 Å². The molecular weight excluding hydrogens is 336 g/mol. The van der Waals surface area contributed by atoms with Crippen LogP contribution in [0.4, 0.5) is 5.95 Å². The first-order valence-corrected chi connectivity index (χ1v) is 9.65. The number of carbonyl (C=O) groups is 1. The topological polar surface area (TPSA) is 59.8 Å². The lowest BCUT2D eigenvalue weighted by molar-refractivity contribution is -0.112. The van der Waals surface area contributed by atoms with E-state index in [0.717, 1.165) is 36.0 Å². The molecule has 2 heterocycles. The number of amides is 1. The van der Waals surface area contributed by atoms with Crippen molar-refractivity contribution >= 4 is 22.9 Å². The molecule has 4 rings (SSSR count). The van der Waals surface area contributed by atoms with E-state index in [-0.39, 0.29) is 5.91 Å². The number of rotatable bonds is 5. The van der Waals surface area contributed by atoms with E-state index in [2.05, 4.69) is 19.9 Å². The van der Waals surface area contributed by atoms with Gasteiger partial charge < -0.3 is 4.57 Å². The number of para-hydroxylation sites is 2. The SMILES string of the molecule is O=C(C=C1CCCCC1)Nc1nc2ccccc2n1CCc1ccccn1. The van der Waals surface area contributed by atoms with Gasteiger partial charge in [-0.25, -0.2) is 4.98 Å². The molecule has 5 nitrogen and oxygen atoms in total. The van der Waals surface area contributed by atoms with Gasteiger partial charge in [0, 0.05) is 30.9 Å². The van der Waals surface area contributed by atoms with Crippen molar-refractivity contribution in [2.75, 3.05) is 5.32 Å². The summed E-state index contributed by atoms with van der Waals surface area (Å²) < 4.78 is 2.07. The molecule has 0 bridgehead atoms. The molecule has 3 aromatic rings. The molecule has 0 radical (unpaired) electrons. The lowest BCUT2D eigenvalue weighted by atomic mass is 9.95. The minimum Gasteiger partial charge on any atom is -0.310 e.